The van der Waals surface area contributed by atoms with Crippen molar-refractivity contribution in [2.45, 2.75) is 11.3 Å². The third-order valence-corrected chi connectivity index (χ3v) is 6.30. The number of carboxylic acids is 1. The lowest BCUT2D eigenvalue weighted by molar-refractivity contribution is -0.136. The van der Waals surface area contributed by atoms with E-state index in [0.717, 1.165) is 8.78 Å². The van der Waals surface area contributed by atoms with Crippen LogP contribution in [-0.2, 0) is 14.8 Å². The quantitative estimate of drug-likeness (QED) is 0.703. The summed E-state index contributed by atoms with van der Waals surface area (Å²) in [6, 6.07) is 10.6. The lowest BCUT2D eigenvalue weighted by Gasteiger charge is -2.25. The van der Waals surface area contributed by atoms with E-state index in [9.17, 15) is 13.2 Å². The summed E-state index contributed by atoms with van der Waals surface area (Å²) in [5, 5.41) is 9.15. The highest BCUT2D eigenvalue weighted by Gasteiger charge is 2.27. The molecule has 24 heavy (non-hydrogen) atoms. The number of halogens is 3. The van der Waals surface area contributed by atoms with Gasteiger partial charge >= 0.3 is 5.97 Å². The number of nitrogens with zero attached hydrogens (tertiary/aromatic N) is 1. The minimum absolute atomic E-state index is 0.0205. The molecule has 0 aliphatic rings. The number of rotatable bonds is 6. The number of hydrogen-bond donors (Lipinski definition) is 1. The predicted octanol–water partition coefficient (Wildman–Crippen LogP) is 4.43. The van der Waals surface area contributed by atoms with Crippen LogP contribution in [-0.4, -0.2) is 26.0 Å². The molecule has 9 heteroatoms. The molecule has 0 aliphatic heterocycles. The largest absolute Gasteiger partial charge is 0.481 e. The van der Waals surface area contributed by atoms with Crippen LogP contribution in [0.15, 0.2) is 51.8 Å². The van der Waals surface area contributed by atoms with Gasteiger partial charge in [-0.15, -0.1) is 0 Å². The number of benzene rings is 2. The Morgan fingerprint density at radius 3 is 2.33 bits per heavy atom. The predicted molar refractivity (Wildman–Crippen MR) is 97.4 cm³/mol. The molecule has 1 N–H and O–H groups in total. The van der Waals surface area contributed by atoms with Crippen molar-refractivity contribution in [2.75, 3.05) is 10.8 Å². The molecule has 0 aromatic heterocycles. The van der Waals surface area contributed by atoms with E-state index in [-0.39, 0.29) is 33.6 Å². The highest BCUT2D eigenvalue weighted by atomic mass is 79.9. The average molecular weight is 453 g/mol. The molecule has 0 radical (unpaired) electrons. The van der Waals surface area contributed by atoms with Crippen molar-refractivity contribution < 1.29 is 18.3 Å². The Hall–Kier alpha value is -1.28. The zero-order valence-corrected chi connectivity index (χ0v) is 16.0. The molecule has 0 saturated heterocycles. The average Bonchev–Trinajstić information content (AvgIpc) is 2.51. The summed E-state index contributed by atoms with van der Waals surface area (Å²) in [7, 11) is -4.00. The first-order chi connectivity index (χ1) is 11.2. The van der Waals surface area contributed by atoms with Crippen LogP contribution in [0.3, 0.4) is 0 Å². The highest BCUT2D eigenvalue weighted by Crippen LogP contribution is 2.35. The van der Waals surface area contributed by atoms with Crippen molar-refractivity contribution in [1.82, 2.24) is 0 Å². The Morgan fingerprint density at radius 1 is 1.12 bits per heavy atom. The van der Waals surface area contributed by atoms with E-state index in [2.05, 4.69) is 15.9 Å². The summed E-state index contributed by atoms with van der Waals surface area (Å²) in [5.74, 6) is -1.12. The van der Waals surface area contributed by atoms with Crippen LogP contribution in [0.1, 0.15) is 6.42 Å². The van der Waals surface area contributed by atoms with Gasteiger partial charge in [0.1, 0.15) is 0 Å². The van der Waals surface area contributed by atoms with Crippen molar-refractivity contribution in [2.24, 2.45) is 0 Å². The molecular formula is C15H12BrCl2NO4S. The Balaban J connectivity index is 2.55. The third kappa shape index (κ3) is 4.22. The molecule has 0 aliphatic carbocycles. The fourth-order valence-electron chi connectivity index (χ4n) is 1.99. The minimum atomic E-state index is -4.00. The van der Waals surface area contributed by atoms with E-state index in [1.165, 1.54) is 24.3 Å². The molecule has 0 fully saturated rings. The normalized spacial score (nSPS) is 11.3. The van der Waals surface area contributed by atoms with Gasteiger partial charge in [-0.05, 0) is 36.4 Å². The molecule has 2 rings (SSSR count). The molecule has 0 saturated carbocycles. The number of carbonyl (C=O) groups is 1. The monoisotopic (exact) mass is 451 g/mol. The van der Waals surface area contributed by atoms with Crippen LogP contribution < -0.4 is 4.31 Å². The molecule has 5 nitrogen and oxygen atoms in total. The maximum atomic E-state index is 12.9. The second kappa shape index (κ2) is 7.74. The van der Waals surface area contributed by atoms with E-state index >= 15 is 0 Å². The van der Waals surface area contributed by atoms with Gasteiger partial charge in [0.25, 0.3) is 10.0 Å². The maximum absolute atomic E-state index is 12.9. The summed E-state index contributed by atoms with van der Waals surface area (Å²) < 4.78 is 27.6. The first-order valence-electron chi connectivity index (χ1n) is 6.67. The van der Waals surface area contributed by atoms with Crippen LogP contribution in [0.5, 0.6) is 0 Å². The number of carboxylic acid groups (broad SMARTS) is 1. The van der Waals surface area contributed by atoms with Gasteiger partial charge in [0.05, 0.1) is 27.0 Å². The second-order valence-electron chi connectivity index (χ2n) is 4.75. The summed E-state index contributed by atoms with van der Waals surface area (Å²) in [6.45, 7) is -0.270. The molecule has 2 aromatic carbocycles. The number of anilines is 1. The maximum Gasteiger partial charge on any atom is 0.305 e. The van der Waals surface area contributed by atoms with Crippen LogP contribution in [0, 0.1) is 0 Å². The zero-order valence-electron chi connectivity index (χ0n) is 12.1. The standard InChI is InChI=1S/C15H12BrCl2NO4S/c16-10-4-6-11(7-5-10)24(22,23)19(9-8-14(20)21)13-3-1-2-12(17)15(13)18/h1-7H,8-9H2,(H,20,21). The zero-order chi connectivity index (χ0) is 17.9. The van der Waals surface area contributed by atoms with Crippen LogP contribution in [0.2, 0.25) is 10.0 Å². The second-order valence-corrected chi connectivity index (χ2v) is 8.31. The first-order valence-corrected chi connectivity index (χ1v) is 9.66. The van der Waals surface area contributed by atoms with Gasteiger partial charge in [0.2, 0.25) is 0 Å². The number of hydrogen-bond acceptors (Lipinski definition) is 3. The van der Waals surface area contributed by atoms with Crippen molar-refractivity contribution in [3.8, 4) is 0 Å². The molecule has 0 atom stereocenters. The van der Waals surface area contributed by atoms with Gasteiger partial charge in [-0.25, -0.2) is 8.42 Å². The van der Waals surface area contributed by atoms with Crippen molar-refractivity contribution >= 4 is 60.8 Å². The summed E-state index contributed by atoms with van der Waals surface area (Å²) >= 11 is 15.3. The fraction of sp³-hybridized carbons (Fsp3) is 0.133. The third-order valence-electron chi connectivity index (χ3n) is 3.13. The number of aliphatic carboxylic acids is 1. The van der Waals surface area contributed by atoms with E-state index in [1.54, 1.807) is 18.2 Å². The van der Waals surface area contributed by atoms with Crippen LogP contribution in [0.25, 0.3) is 0 Å². The number of sulfonamides is 1. The van der Waals surface area contributed by atoms with E-state index in [1.807, 2.05) is 0 Å². The summed E-state index contributed by atoms with van der Waals surface area (Å²) in [5.41, 5.74) is 0.133. The molecule has 0 amide bonds. The lowest BCUT2D eigenvalue weighted by Crippen LogP contribution is -2.33. The van der Waals surface area contributed by atoms with Gasteiger partial charge in [-0.2, -0.15) is 0 Å². The van der Waals surface area contributed by atoms with Crippen molar-refractivity contribution in [3.63, 3.8) is 0 Å². The fourth-order valence-corrected chi connectivity index (χ4v) is 4.18. The Bertz CT molecular complexity index is 856. The van der Waals surface area contributed by atoms with Crippen molar-refractivity contribution in [3.05, 3.63) is 57.0 Å². The first kappa shape index (κ1) is 19.1. The van der Waals surface area contributed by atoms with E-state index in [4.69, 9.17) is 28.3 Å². The Kier molecular flexibility index (Phi) is 6.14. The summed E-state index contributed by atoms with van der Waals surface area (Å²) in [4.78, 5) is 10.9. The molecule has 0 bridgehead atoms. The highest BCUT2D eigenvalue weighted by molar-refractivity contribution is 9.10. The van der Waals surface area contributed by atoms with E-state index in [0.29, 0.717) is 0 Å². The van der Waals surface area contributed by atoms with Gasteiger partial charge in [-0.3, -0.25) is 9.10 Å². The van der Waals surface area contributed by atoms with Gasteiger partial charge in [0, 0.05) is 11.0 Å². The topological polar surface area (TPSA) is 74.7 Å². The molecule has 0 unspecified atom stereocenters. The Morgan fingerprint density at radius 2 is 1.75 bits per heavy atom. The minimum Gasteiger partial charge on any atom is -0.481 e. The van der Waals surface area contributed by atoms with Crippen molar-refractivity contribution in [1.29, 1.82) is 0 Å². The Labute approximate surface area is 158 Å². The molecule has 0 heterocycles. The SMILES string of the molecule is O=C(O)CCN(c1cccc(Cl)c1Cl)S(=O)(=O)c1ccc(Br)cc1. The van der Waals surface area contributed by atoms with Gasteiger partial charge in [0.15, 0.2) is 0 Å². The van der Waals surface area contributed by atoms with E-state index < -0.39 is 16.0 Å². The van der Waals surface area contributed by atoms with Gasteiger partial charge in [-0.1, -0.05) is 45.2 Å². The molecular weight excluding hydrogens is 441 g/mol. The molecule has 2 aromatic rings. The molecule has 128 valence electrons. The lowest BCUT2D eigenvalue weighted by atomic mass is 10.3. The van der Waals surface area contributed by atoms with Crippen LogP contribution in [0.4, 0.5) is 5.69 Å². The van der Waals surface area contributed by atoms with Gasteiger partial charge < -0.3 is 5.11 Å². The molecule has 0 spiro atoms. The van der Waals surface area contributed by atoms with Crippen LogP contribution >= 0.6 is 39.1 Å². The summed E-state index contributed by atoms with van der Waals surface area (Å²) in [6.07, 6.45) is -0.376. The smallest absolute Gasteiger partial charge is 0.305 e.